The summed E-state index contributed by atoms with van der Waals surface area (Å²) in [6.45, 7) is 1.87. The van der Waals surface area contributed by atoms with E-state index in [4.69, 9.17) is 0 Å². The van der Waals surface area contributed by atoms with Gasteiger partial charge in [0.1, 0.15) is 12.7 Å². The molecule has 0 aliphatic heterocycles. The molecule has 0 atom stereocenters. The number of aryl methyl sites for hydroxylation is 2. The van der Waals surface area contributed by atoms with Gasteiger partial charge < -0.3 is 0 Å². The van der Waals surface area contributed by atoms with E-state index in [0.29, 0.717) is 11.1 Å². The van der Waals surface area contributed by atoms with Crippen LogP contribution in [0.25, 0.3) is 22.5 Å². The Balaban J connectivity index is 2.35. The lowest BCUT2D eigenvalue weighted by Gasteiger charge is -2.15. The van der Waals surface area contributed by atoms with Crippen LogP contribution in [0.4, 0.5) is 13.2 Å². The SMILES string of the molecule is Cc1c(-c2cc[n+](C)n2C)cc(C(F)(F)F)cc1-c1cccc[n+]1C. The Morgan fingerprint density at radius 3 is 2.20 bits per heavy atom. The lowest BCUT2D eigenvalue weighted by molar-refractivity contribution is -0.750. The van der Waals surface area contributed by atoms with E-state index in [1.165, 1.54) is 12.1 Å². The quantitative estimate of drug-likeness (QED) is 0.631. The first kappa shape index (κ1) is 17.2. The molecule has 3 aromatic rings. The number of aromatic nitrogens is 3. The summed E-state index contributed by atoms with van der Waals surface area (Å²) >= 11 is 0. The molecule has 2 heterocycles. The highest BCUT2D eigenvalue weighted by Crippen LogP contribution is 2.38. The fourth-order valence-corrected chi connectivity index (χ4v) is 3.03. The third-order valence-electron chi connectivity index (χ3n) is 4.61. The molecule has 0 fully saturated rings. The van der Waals surface area contributed by atoms with E-state index in [-0.39, 0.29) is 0 Å². The minimum Gasteiger partial charge on any atom is -0.201 e. The lowest BCUT2D eigenvalue weighted by Crippen LogP contribution is -2.36. The van der Waals surface area contributed by atoms with E-state index < -0.39 is 11.7 Å². The molecule has 3 nitrogen and oxygen atoms in total. The van der Waals surface area contributed by atoms with E-state index in [0.717, 1.165) is 17.0 Å². The fraction of sp³-hybridized carbons (Fsp3) is 0.263. The average Bonchev–Trinajstić information content (AvgIpc) is 2.87. The van der Waals surface area contributed by atoms with Gasteiger partial charge in [0.25, 0.3) is 0 Å². The Bertz CT molecular complexity index is 940. The summed E-state index contributed by atoms with van der Waals surface area (Å²) < 4.78 is 46.0. The van der Waals surface area contributed by atoms with E-state index >= 15 is 0 Å². The normalized spacial score (nSPS) is 11.8. The van der Waals surface area contributed by atoms with Crippen LogP contribution in [0.15, 0.2) is 48.8 Å². The summed E-state index contributed by atoms with van der Waals surface area (Å²) in [7, 11) is 5.51. The Hall–Kier alpha value is -2.63. The first-order valence-corrected chi connectivity index (χ1v) is 7.89. The molecule has 0 unspecified atom stereocenters. The maximum Gasteiger partial charge on any atom is 0.416 e. The van der Waals surface area contributed by atoms with Gasteiger partial charge in [-0.2, -0.15) is 17.9 Å². The molecule has 0 amide bonds. The van der Waals surface area contributed by atoms with Gasteiger partial charge in [-0.15, -0.1) is 4.68 Å². The van der Waals surface area contributed by atoms with Crippen LogP contribution in [0.3, 0.4) is 0 Å². The van der Waals surface area contributed by atoms with Gasteiger partial charge in [-0.25, -0.2) is 4.57 Å². The number of rotatable bonds is 2. The summed E-state index contributed by atoms with van der Waals surface area (Å²) in [6.07, 6.45) is -0.744. The number of nitrogens with zero attached hydrogens (tertiary/aromatic N) is 3. The summed E-state index contributed by atoms with van der Waals surface area (Å²) in [5.41, 5.74) is 2.82. The van der Waals surface area contributed by atoms with Crippen LogP contribution in [0.2, 0.25) is 0 Å². The molecule has 0 bridgehead atoms. The van der Waals surface area contributed by atoms with Crippen molar-refractivity contribution < 1.29 is 22.4 Å². The Labute approximate surface area is 144 Å². The zero-order valence-electron chi connectivity index (χ0n) is 14.6. The third-order valence-corrected chi connectivity index (χ3v) is 4.61. The number of hydrogen-bond donors (Lipinski definition) is 0. The van der Waals surface area contributed by atoms with Gasteiger partial charge in [-0.1, -0.05) is 0 Å². The van der Waals surface area contributed by atoms with Crippen LogP contribution in [-0.4, -0.2) is 4.68 Å². The predicted molar refractivity (Wildman–Crippen MR) is 88.4 cm³/mol. The molecule has 0 radical (unpaired) electrons. The molecule has 3 rings (SSSR count). The number of halogens is 3. The van der Waals surface area contributed by atoms with Gasteiger partial charge in [0.2, 0.25) is 5.69 Å². The number of pyridine rings is 1. The molecule has 130 valence electrons. The van der Waals surface area contributed by atoms with Crippen LogP contribution in [0, 0.1) is 6.92 Å². The van der Waals surface area contributed by atoms with Crippen LogP contribution in [-0.2, 0) is 27.3 Å². The van der Waals surface area contributed by atoms with Gasteiger partial charge in [-0.3, -0.25) is 0 Å². The topological polar surface area (TPSA) is 12.7 Å². The van der Waals surface area contributed by atoms with E-state index in [1.807, 2.05) is 78.7 Å². The van der Waals surface area contributed by atoms with Crippen LogP contribution in [0.1, 0.15) is 11.1 Å². The van der Waals surface area contributed by atoms with Gasteiger partial charge in [0.05, 0.1) is 18.2 Å². The maximum absolute atomic E-state index is 13.5. The molecule has 25 heavy (non-hydrogen) atoms. The van der Waals surface area contributed by atoms with Crippen molar-refractivity contribution in [1.29, 1.82) is 0 Å². The van der Waals surface area contributed by atoms with Gasteiger partial charge in [0, 0.05) is 23.8 Å². The summed E-state index contributed by atoms with van der Waals surface area (Å²) in [5, 5.41) is 0. The summed E-state index contributed by atoms with van der Waals surface area (Å²) in [4.78, 5) is 0. The van der Waals surface area contributed by atoms with Gasteiger partial charge in [-0.05, 0) is 30.7 Å². The van der Waals surface area contributed by atoms with Crippen molar-refractivity contribution in [2.45, 2.75) is 13.1 Å². The van der Waals surface area contributed by atoms with Crippen molar-refractivity contribution in [3.05, 3.63) is 59.9 Å². The maximum atomic E-state index is 13.5. The molecule has 6 heteroatoms. The van der Waals surface area contributed by atoms with Crippen molar-refractivity contribution in [3.8, 4) is 22.5 Å². The summed E-state index contributed by atoms with van der Waals surface area (Å²) in [5.74, 6) is 0. The monoisotopic (exact) mass is 347 g/mol. The third kappa shape index (κ3) is 3.04. The standard InChI is InChI=1S/C19H20F3N3/c1-13-15(17-7-5-6-9-23(17)2)11-14(19(20,21)22)12-16(13)18-8-10-24(3)25(18)4/h5-12H,1-4H3/q+2. The smallest absolute Gasteiger partial charge is 0.201 e. The van der Waals surface area contributed by atoms with Gasteiger partial charge >= 0.3 is 6.18 Å². The lowest BCUT2D eigenvalue weighted by atomic mass is 9.94. The molecule has 0 aliphatic rings. The second-order valence-electron chi connectivity index (χ2n) is 6.19. The molecule has 0 saturated carbocycles. The number of alkyl halides is 3. The molecule has 0 spiro atoms. The van der Waals surface area contributed by atoms with E-state index in [1.54, 1.807) is 0 Å². The summed E-state index contributed by atoms with van der Waals surface area (Å²) in [6, 6.07) is 9.81. The van der Waals surface area contributed by atoms with Crippen LogP contribution in [0.5, 0.6) is 0 Å². The van der Waals surface area contributed by atoms with Crippen molar-refractivity contribution in [1.82, 2.24) is 4.68 Å². The zero-order chi connectivity index (χ0) is 18.4. The number of benzene rings is 1. The average molecular weight is 347 g/mol. The van der Waals surface area contributed by atoms with E-state index in [9.17, 15) is 13.2 Å². The van der Waals surface area contributed by atoms with Crippen molar-refractivity contribution in [2.75, 3.05) is 0 Å². The van der Waals surface area contributed by atoms with Crippen molar-refractivity contribution in [2.24, 2.45) is 21.1 Å². The Kier molecular flexibility index (Phi) is 4.14. The molecule has 1 aromatic carbocycles. The first-order chi connectivity index (χ1) is 11.7. The largest absolute Gasteiger partial charge is 0.416 e. The molecular weight excluding hydrogens is 327 g/mol. The van der Waals surface area contributed by atoms with Crippen LogP contribution >= 0.6 is 0 Å². The Morgan fingerprint density at radius 2 is 1.64 bits per heavy atom. The van der Waals surface area contributed by atoms with Gasteiger partial charge in [0.15, 0.2) is 19.4 Å². The molecular formula is C19H20F3N3+2. The molecule has 0 aliphatic carbocycles. The second-order valence-corrected chi connectivity index (χ2v) is 6.19. The highest BCUT2D eigenvalue weighted by atomic mass is 19.4. The molecule has 0 N–H and O–H groups in total. The zero-order valence-corrected chi connectivity index (χ0v) is 14.6. The Morgan fingerprint density at radius 1 is 0.960 bits per heavy atom. The first-order valence-electron chi connectivity index (χ1n) is 7.89. The minimum atomic E-state index is -4.40. The fourth-order valence-electron chi connectivity index (χ4n) is 3.03. The highest BCUT2D eigenvalue weighted by Gasteiger charge is 2.33. The second kappa shape index (κ2) is 6.02. The highest BCUT2D eigenvalue weighted by molar-refractivity contribution is 5.75. The van der Waals surface area contributed by atoms with E-state index in [2.05, 4.69) is 0 Å². The number of hydrogen-bond acceptors (Lipinski definition) is 0. The van der Waals surface area contributed by atoms with Crippen molar-refractivity contribution >= 4 is 0 Å². The van der Waals surface area contributed by atoms with Crippen LogP contribution < -0.4 is 9.25 Å². The minimum absolute atomic E-state index is 0.580. The molecule has 0 saturated heterocycles. The predicted octanol–water partition coefficient (Wildman–Crippen LogP) is 3.34. The molecule has 2 aromatic heterocycles. The van der Waals surface area contributed by atoms with Crippen molar-refractivity contribution in [3.63, 3.8) is 0 Å².